The van der Waals surface area contributed by atoms with Crippen molar-refractivity contribution < 1.29 is 8.83 Å². The van der Waals surface area contributed by atoms with Gasteiger partial charge in [-0.3, -0.25) is 4.57 Å². The second-order valence-electron chi connectivity index (χ2n) is 14.4. The van der Waals surface area contributed by atoms with E-state index < -0.39 is 0 Å². The molecule has 0 aliphatic heterocycles. The average molecular weight is 731 g/mol. The van der Waals surface area contributed by atoms with Crippen molar-refractivity contribution in [3.8, 4) is 51.0 Å². The first-order valence-corrected chi connectivity index (χ1v) is 19.0. The Labute approximate surface area is 325 Å². The molecule has 0 unspecified atom stereocenters. The molecule has 4 aromatic heterocycles. The summed E-state index contributed by atoms with van der Waals surface area (Å²) < 4.78 is 15.3. The Morgan fingerprint density at radius 3 is 1.84 bits per heavy atom. The van der Waals surface area contributed by atoms with Crippen molar-refractivity contribution in [3.63, 3.8) is 0 Å². The lowest BCUT2D eigenvalue weighted by molar-refractivity contribution is 0.669. The number of aromatic nitrogens is 4. The van der Waals surface area contributed by atoms with E-state index in [1.165, 1.54) is 0 Å². The van der Waals surface area contributed by atoms with Crippen molar-refractivity contribution in [3.05, 3.63) is 182 Å². The van der Waals surface area contributed by atoms with E-state index in [2.05, 4.69) is 150 Å². The monoisotopic (exact) mass is 730 g/mol. The standard InChI is InChI=1S/C51H30N4O2/c1-3-13-31(14-4-1)33-17-11-18-34(29-33)49-52-50(35-25-26-40-45(30-35)56-44-24-12-21-36(46(40)44)32-15-5-2-6-16-32)54-51(53-49)55-41-22-9-7-20-39(41)47-42(55)28-27-38-37-19-8-10-23-43(37)57-48(38)47/h1-30H. The van der Waals surface area contributed by atoms with Crippen LogP contribution < -0.4 is 0 Å². The van der Waals surface area contributed by atoms with E-state index in [1.807, 2.05) is 36.4 Å². The largest absolute Gasteiger partial charge is 0.456 e. The maximum Gasteiger partial charge on any atom is 0.238 e. The summed E-state index contributed by atoms with van der Waals surface area (Å²) >= 11 is 0. The maximum atomic E-state index is 6.59. The van der Waals surface area contributed by atoms with Crippen molar-refractivity contribution in [2.45, 2.75) is 0 Å². The fourth-order valence-electron chi connectivity index (χ4n) is 8.46. The van der Waals surface area contributed by atoms with Crippen molar-refractivity contribution in [1.82, 2.24) is 19.5 Å². The Kier molecular flexibility index (Phi) is 6.83. The third-order valence-electron chi connectivity index (χ3n) is 11.1. The number of furan rings is 2. The molecule has 0 radical (unpaired) electrons. The molecule has 0 spiro atoms. The molecule has 4 heterocycles. The van der Waals surface area contributed by atoms with Crippen LogP contribution in [0.1, 0.15) is 0 Å². The molecule has 6 nitrogen and oxygen atoms in total. The predicted octanol–water partition coefficient (Wildman–Crippen LogP) is 13.4. The van der Waals surface area contributed by atoms with Crippen LogP contribution in [0.2, 0.25) is 0 Å². The molecule has 0 amide bonds. The highest BCUT2D eigenvalue weighted by molar-refractivity contribution is 6.23. The van der Waals surface area contributed by atoms with Crippen LogP contribution in [0.15, 0.2) is 191 Å². The first-order chi connectivity index (χ1) is 28.2. The van der Waals surface area contributed by atoms with Gasteiger partial charge in [-0.25, -0.2) is 4.98 Å². The molecule has 0 N–H and O–H groups in total. The van der Waals surface area contributed by atoms with Crippen molar-refractivity contribution in [2.24, 2.45) is 0 Å². The van der Waals surface area contributed by atoms with Crippen molar-refractivity contribution in [1.29, 1.82) is 0 Å². The van der Waals surface area contributed by atoms with Crippen LogP contribution in [0.5, 0.6) is 0 Å². The zero-order valence-corrected chi connectivity index (χ0v) is 30.4. The van der Waals surface area contributed by atoms with Gasteiger partial charge in [0.05, 0.1) is 16.4 Å². The van der Waals surface area contributed by atoms with E-state index in [-0.39, 0.29) is 0 Å². The van der Waals surface area contributed by atoms with E-state index >= 15 is 0 Å². The molecule has 0 aliphatic carbocycles. The summed E-state index contributed by atoms with van der Waals surface area (Å²) in [6, 6.07) is 62.6. The van der Waals surface area contributed by atoms with Gasteiger partial charge in [-0.2, -0.15) is 9.97 Å². The predicted molar refractivity (Wildman–Crippen MR) is 230 cm³/mol. The Balaban J connectivity index is 1.11. The molecule has 6 heteroatoms. The van der Waals surface area contributed by atoms with Gasteiger partial charge in [0, 0.05) is 38.1 Å². The minimum absolute atomic E-state index is 0.512. The maximum absolute atomic E-state index is 6.59. The molecular formula is C51H30N4O2. The van der Waals surface area contributed by atoms with E-state index in [0.717, 1.165) is 99.1 Å². The quantitative estimate of drug-likeness (QED) is 0.176. The minimum Gasteiger partial charge on any atom is -0.456 e. The molecular weight excluding hydrogens is 701 g/mol. The summed E-state index contributed by atoms with van der Waals surface area (Å²) in [6.45, 7) is 0. The van der Waals surface area contributed by atoms with Crippen molar-refractivity contribution >= 4 is 65.7 Å². The number of rotatable bonds is 5. The number of hydrogen-bond donors (Lipinski definition) is 0. The minimum atomic E-state index is 0.512. The lowest BCUT2D eigenvalue weighted by Crippen LogP contribution is -2.06. The van der Waals surface area contributed by atoms with Crippen LogP contribution in [-0.4, -0.2) is 19.5 Å². The van der Waals surface area contributed by atoms with Gasteiger partial charge in [0.15, 0.2) is 11.6 Å². The highest BCUT2D eigenvalue weighted by atomic mass is 16.3. The summed E-state index contributed by atoms with van der Waals surface area (Å²) in [5, 5.41) is 6.37. The number of fused-ring (bicyclic) bond motifs is 10. The highest BCUT2D eigenvalue weighted by Crippen LogP contribution is 2.41. The first-order valence-electron chi connectivity index (χ1n) is 19.0. The smallest absolute Gasteiger partial charge is 0.238 e. The Morgan fingerprint density at radius 2 is 1.00 bits per heavy atom. The zero-order chi connectivity index (χ0) is 37.5. The molecule has 12 aromatic rings. The molecule has 12 rings (SSSR count). The Hall–Kier alpha value is -7.83. The van der Waals surface area contributed by atoms with Gasteiger partial charge in [0.2, 0.25) is 5.95 Å². The summed E-state index contributed by atoms with van der Waals surface area (Å²) in [7, 11) is 0. The third kappa shape index (κ3) is 4.94. The highest BCUT2D eigenvalue weighted by Gasteiger charge is 2.22. The second-order valence-corrected chi connectivity index (χ2v) is 14.4. The molecule has 266 valence electrons. The van der Waals surface area contributed by atoms with Gasteiger partial charge < -0.3 is 8.83 Å². The molecule has 0 saturated carbocycles. The van der Waals surface area contributed by atoms with Crippen molar-refractivity contribution in [2.75, 3.05) is 0 Å². The molecule has 0 fully saturated rings. The van der Waals surface area contributed by atoms with E-state index in [9.17, 15) is 0 Å². The molecule has 0 saturated heterocycles. The summed E-state index contributed by atoms with van der Waals surface area (Å²) in [6.07, 6.45) is 0. The Morgan fingerprint density at radius 1 is 0.351 bits per heavy atom. The van der Waals surface area contributed by atoms with Crippen LogP contribution in [0, 0.1) is 0 Å². The van der Waals surface area contributed by atoms with Gasteiger partial charge in [-0.05, 0) is 70.8 Å². The van der Waals surface area contributed by atoms with E-state index in [1.54, 1.807) is 0 Å². The van der Waals surface area contributed by atoms with E-state index in [4.69, 9.17) is 23.8 Å². The summed E-state index contributed by atoms with van der Waals surface area (Å²) in [5.41, 5.74) is 11.4. The first kappa shape index (κ1) is 31.5. The normalized spacial score (nSPS) is 11.9. The Bertz CT molecular complexity index is 3530. The van der Waals surface area contributed by atoms with Crippen LogP contribution in [0.3, 0.4) is 0 Å². The topological polar surface area (TPSA) is 69.9 Å². The van der Waals surface area contributed by atoms with Gasteiger partial charge in [-0.15, -0.1) is 0 Å². The van der Waals surface area contributed by atoms with Gasteiger partial charge in [-0.1, -0.05) is 133 Å². The van der Waals surface area contributed by atoms with Gasteiger partial charge in [0.25, 0.3) is 0 Å². The van der Waals surface area contributed by atoms with Gasteiger partial charge >= 0.3 is 0 Å². The summed E-state index contributed by atoms with van der Waals surface area (Å²) in [4.78, 5) is 15.7. The SMILES string of the molecule is c1ccc(-c2cccc(-c3nc(-c4ccc5c(c4)oc4cccc(-c6ccccc6)c45)nc(-n4c5ccccc5c5c6oc7ccccc7c6ccc54)n3)c2)cc1. The number of benzene rings is 8. The fraction of sp³-hybridized carbons (Fsp3) is 0. The van der Waals surface area contributed by atoms with Crippen LogP contribution in [0.25, 0.3) is 117 Å². The number of nitrogens with zero attached hydrogens (tertiary/aromatic N) is 4. The van der Waals surface area contributed by atoms with Crippen LogP contribution >= 0.6 is 0 Å². The number of hydrogen-bond acceptors (Lipinski definition) is 5. The molecule has 8 aromatic carbocycles. The van der Waals surface area contributed by atoms with Crippen LogP contribution in [-0.2, 0) is 0 Å². The molecule has 0 atom stereocenters. The fourth-order valence-corrected chi connectivity index (χ4v) is 8.46. The lowest BCUT2D eigenvalue weighted by atomic mass is 9.99. The molecule has 0 aliphatic rings. The molecule has 57 heavy (non-hydrogen) atoms. The summed E-state index contributed by atoms with van der Waals surface area (Å²) in [5.74, 6) is 1.62. The number of para-hydroxylation sites is 2. The van der Waals surface area contributed by atoms with Gasteiger partial charge in [0.1, 0.15) is 22.3 Å². The lowest BCUT2D eigenvalue weighted by Gasteiger charge is -2.11. The zero-order valence-electron chi connectivity index (χ0n) is 30.4. The third-order valence-corrected chi connectivity index (χ3v) is 11.1. The second kappa shape index (κ2) is 12.3. The molecule has 0 bridgehead atoms. The van der Waals surface area contributed by atoms with Crippen LogP contribution in [0.4, 0.5) is 0 Å². The van der Waals surface area contributed by atoms with E-state index in [0.29, 0.717) is 17.6 Å². The average Bonchev–Trinajstić information content (AvgIpc) is 3.96.